The number of anilines is 1. The second-order valence-corrected chi connectivity index (χ2v) is 7.59. The Hall–Kier alpha value is -4.00. The topological polar surface area (TPSA) is 84.3 Å². The van der Waals surface area contributed by atoms with Gasteiger partial charge in [0.15, 0.2) is 0 Å². The molecule has 6 nitrogen and oxygen atoms in total. The number of nitrogens with one attached hydrogen (secondary N) is 1. The van der Waals surface area contributed by atoms with Crippen LogP contribution in [0.25, 0.3) is 22.0 Å². The highest BCUT2D eigenvalue weighted by Crippen LogP contribution is 2.28. The van der Waals surface area contributed by atoms with Crippen molar-refractivity contribution in [3.05, 3.63) is 83.9 Å². The van der Waals surface area contributed by atoms with Gasteiger partial charge in [0, 0.05) is 29.1 Å². The number of aromatic nitrogens is 2. The van der Waals surface area contributed by atoms with Crippen LogP contribution in [0.1, 0.15) is 18.1 Å². The molecule has 4 aromatic rings. The molecule has 0 saturated carbocycles. The molecular formula is C26H24FN3O3. The number of carbonyl (C=O) groups is 1. The number of fused-ring (bicyclic) bond motifs is 1. The summed E-state index contributed by atoms with van der Waals surface area (Å²) in [5, 5.41) is 13.9. The van der Waals surface area contributed by atoms with E-state index in [1.54, 1.807) is 18.2 Å². The molecule has 0 unspecified atom stereocenters. The third-order valence-electron chi connectivity index (χ3n) is 5.28. The highest BCUT2D eigenvalue weighted by atomic mass is 19.1. The smallest absolute Gasteiger partial charge is 0.307 e. The highest BCUT2D eigenvalue weighted by molar-refractivity contribution is 5.83. The fourth-order valence-electron chi connectivity index (χ4n) is 3.70. The molecule has 0 saturated heterocycles. The number of carboxylic acid groups (broad SMARTS) is 1. The molecule has 0 atom stereocenters. The second-order valence-electron chi connectivity index (χ2n) is 7.59. The Morgan fingerprint density at radius 2 is 1.97 bits per heavy atom. The number of nitrogens with zero attached hydrogens (tertiary/aromatic N) is 2. The summed E-state index contributed by atoms with van der Waals surface area (Å²) in [6.07, 6.45) is 2.08. The first-order valence-electron chi connectivity index (χ1n) is 10.7. The highest BCUT2D eigenvalue weighted by Gasteiger charge is 2.11. The molecule has 168 valence electrons. The van der Waals surface area contributed by atoms with Crippen LogP contribution in [0, 0.1) is 5.82 Å². The summed E-state index contributed by atoms with van der Waals surface area (Å²) in [4.78, 5) is 19.7. The standard InChI is InChI=1S/C26H24FN3O3/c1-2-33-24-13-19(8-9-20(24)14-26(31)32)23-15-25(30-16-29-23)28-11-10-17-6-7-18-4-3-5-22(27)21(18)12-17/h3-9,12-13,15-16H,2,10-11,14H2,1H3,(H,31,32)(H,28,29,30). The number of benzene rings is 3. The average Bonchev–Trinajstić information content (AvgIpc) is 2.81. The maximum absolute atomic E-state index is 14.1. The number of ether oxygens (including phenoxy) is 1. The Balaban J connectivity index is 1.46. The van der Waals surface area contributed by atoms with Crippen molar-refractivity contribution >= 4 is 22.6 Å². The van der Waals surface area contributed by atoms with Crippen LogP contribution in [-0.2, 0) is 17.6 Å². The summed E-state index contributed by atoms with van der Waals surface area (Å²) in [6.45, 7) is 2.91. The van der Waals surface area contributed by atoms with Crippen LogP contribution >= 0.6 is 0 Å². The van der Waals surface area contributed by atoms with E-state index >= 15 is 0 Å². The number of hydrogen-bond acceptors (Lipinski definition) is 5. The average molecular weight is 445 g/mol. The van der Waals surface area contributed by atoms with Crippen LogP contribution in [0.2, 0.25) is 0 Å². The maximum atomic E-state index is 14.1. The van der Waals surface area contributed by atoms with Crippen molar-refractivity contribution in [1.82, 2.24) is 9.97 Å². The van der Waals surface area contributed by atoms with Crippen molar-refractivity contribution in [2.45, 2.75) is 19.8 Å². The van der Waals surface area contributed by atoms with E-state index in [0.717, 1.165) is 16.5 Å². The molecule has 7 heteroatoms. The molecule has 0 aliphatic carbocycles. The van der Waals surface area contributed by atoms with Gasteiger partial charge < -0.3 is 15.2 Å². The largest absolute Gasteiger partial charge is 0.494 e. The van der Waals surface area contributed by atoms with Crippen LogP contribution in [0.15, 0.2) is 67.0 Å². The fourth-order valence-corrected chi connectivity index (χ4v) is 3.70. The minimum absolute atomic E-state index is 0.106. The van der Waals surface area contributed by atoms with Gasteiger partial charge in [-0.2, -0.15) is 0 Å². The van der Waals surface area contributed by atoms with E-state index < -0.39 is 5.97 Å². The van der Waals surface area contributed by atoms with E-state index in [9.17, 15) is 9.18 Å². The van der Waals surface area contributed by atoms with Gasteiger partial charge in [-0.1, -0.05) is 36.4 Å². The minimum atomic E-state index is -0.911. The van der Waals surface area contributed by atoms with Gasteiger partial charge in [-0.15, -0.1) is 0 Å². The van der Waals surface area contributed by atoms with Gasteiger partial charge in [0.25, 0.3) is 0 Å². The molecule has 0 aliphatic heterocycles. The van der Waals surface area contributed by atoms with E-state index in [2.05, 4.69) is 15.3 Å². The van der Waals surface area contributed by atoms with Gasteiger partial charge in [0.2, 0.25) is 0 Å². The van der Waals surface area contributed by atoms with Crippen LogP contribution in [0.3, 0.4) is 0 Å². The number of hydrogen-bond donors (Lipinski definition) is 2. The molecule has 33 heavy (non-hydrogen) atoms. The Labute approximate surface area is 191 Å². The molecule has 4 rings (SSSR count). The predicted octanol–water partition coefficient (Wildman–Crippen LogP) is 5.12. The lowest BCUT2D eigenvalue weighted by molar-refractivity contribution is -0.136. The minimum Gasteiger partial charge on any atom is -0.494 e. The first-order valence-corrected chi connectivity index (χ1v) is 10.7. The summed E-state index contributed by atoms with van der Waals surface area (Å²) in [7, 11) is 0. The van der Waals surface area contributed by atoms with Crippen LogP contribution in [0.4, 0.5) is 10.2 Å². The molecular weight excluding hydrogens is 421 g/mol. The van der Waals surface area contributed by atoms with E-state index in [-0.39, 0.29) is 12.2 Å². The molecule has 0 bridgehead atoms. The molecule has 1 heterocycles. The Kier molecular flexibility index (Phi) is 6.78. The summed E-state index contributed by atoms with van der Waals surface area (Å²) in [5.74, 6) is 0.0727. The third kappa shape index (κ3) is 5.44. The number of carboxylic acids is 1. The summed E-state index contributed by atoms with van der Waals surface area (Å²) in [6, 6.07) is 18.1. The summed E-state index contributed by atoms with van der Waals surface area (Å²) < 4.78 is 19.7. The first kappa shape index (κ1) is 22.2. The Morgan fingerprint density at radius 3 is 2.79 bits per heavy atom. The SMILES string of the molecule is CCOc1cc(-c2cc(NCCc3ccc4cccc(F)c4c3)ncn2)ccc1CC(=O)O. The zero-order valence-electron chi connectivity index (χ0n) is 18.2. The first-order chi connectivity index (χ1) is 16.0. The normalized spacial score (nSPS) is 10.8. The zero-order valence-corrected chi connectivity index (χ0v) is 18.2. The van der Waals surface area contributed by atoms with Gasteiger partial charge in [-0.3, -0.25) is 4.79 Å². The monoisotopic (exact) mass is 445 g/mol. The van der Waals surface area contributed by atoms with Crippen molar-refractivity contribution in [2.75, 3.05) is 18.5 Å². The number of aliphatic carboxylic acids is 1. The zero-order chi connectivity index (χ0) is 23.2. The van der Waals surface area contributed by atoms with Gasteiger partial charge in [-0.05, 0) is 42.5 Å². The summed E-state index contributed by atoms with van der Waals surface area (Å²) in [5.41, 5.74) is 3.16. The Morgan fingerprint density at radius 1 is 1.09 bits per heavy atom. The quantitative estimate of drug-likeness (QED) is 0.372. The molecule has 2 N–H and O–H groups in total. The van der Waals surface area contributed by atoms with Gasteiger partial charge in [-0.25, -0.2) is 14.4 Å². The Bertz CT molecular complexity index is 1290. The summed E-state index contributed by atoms with van der Waals surface area (Å²) >= 11 is 0. The van der Waals surface area contributed by atoms with Gasteiger partial charge in [0.05, 0.1) is 18.7 Å². The molecule has 0 amide bonds. The molecule has 3 aromatic carbocycles. The van der Waals surface area contributed by atoms with Crippen molar-refractivity contribution in [3.8, 4) is 17.0 Å². The third-order valence-corrected chi connectivity index (χ3v) is 5.28. The van der Waals surface area contributed by atoms with Gasteiger partial charge >= 0.3 is 5.97 Å². The molecule has 0 radical (unpaired) electrons. The molecule has 1 aromatic heterocycles. The lowest BCUT2D eigenvalue weighted by Crippen LogP contribution is -2.07. The number of rotatable bonds is 9. The lowest BCUT2D eigenvalue weighted by atomic mass is 10.0. The lowest BCUT2D eigenvalue weighted by Gasteiger charge is -2.12. The van der Waals surface area contributed by atoms with E-state index in [1.807, 2.05) is 43.3 Å². The van der Waals surface area contributed by atoms with Gasteiger partial charge in [0.1, 0.15) is 23.7 Å². The van der Waals surface area contributed by atoms with Crippen molar-refractivity contribution in [1.29, 1.82) is 0 Å². The maximum Gasteiger partial charge on any atom is 0.307 e. The molecule has 0 aliphatic rings. The molecule has 0 spiro atoms. The van der Waals surface area contributed by atoms with Crippen LogP contribution in [-0.4, -0.2) is 34.2 Å². The van der Waals surface area contributed by atoms with Crippen molar-refractivity contribution in [3.63, 3.8) is 0 Å². The predicted molar refractivity (Wildman–Crippen MR) is 126 cm³/mol. The van der Waals surface area contributed by atoms with E-state index in [1.165, 1.54) is 12.4 Å². The van der Waals surface area contributed by atoms with Crippen molar-refractivity contribution in [2.24, 2.45) is 0 Å². The second kappa shape index (κ2) is 10.1. The fraction of sp³-hybridized carbons (Fsp3) is 0.192. The number of halogens is 1. The van der Waals surface area contributed by atoms with Crippen LogP contribution in [0.5, 0.6) is 5.75 Å². The molecule has 0 fully saturated rings. The van der Waals surface area contributed by atoms with Crippen LogP contribution < -0.4 is 10.1 Å². The van der Waals surface area contributed by atoms with E-state index in [4.69, 9.17) is 9.84 Å². The van der Waals surface area contributed by atoms with E-state index in [0.29, 0.717) is 47.8 Å². The van der Waals surface area contributed by atoms with Crippen molar-refractivity contribution < 1.29 is 19.0 Å².